The van der Waals surface area contributed by atoms with Gasteiger partial charge in [-0.15, -0.1) is 0 Å². The number of carbonyl (C=O) groups excluding carboxylic acids is 1. The lowest BCUT2D eigenvalue weighted by Gasteiger charge is -2.18. The van der Waals surface area contributed by atoms with E-state index in [0.717, 1.165) is 10.9 Å². The van der Waals surface area contributed by atoms with Crippen molar-refractivity contribution in [1.29, 1.82) is 0 Å². The Kier molecular flexibility index (Phi) is 5.13. The average Bonchev–Trinajstić information content (AvgIpc) is 3.00. The van der Waals surface area contributed by atoms with E-state index in [1.165, 1.54) is 31.4 Å². The van der Waals surface area contributed by atoms with Gasteiger partial charge in [-0.1, -0.05) is 24.6 Å². The zero-order chi connectivity index (χ0) is 14.7. The molecule has 0 spiro atoms. The fraction of sp³-hybridized carbons (Fsp3) is 0.733. The standard InChI is InChI=1S/C15H25N3OS/c1-5-16-14(19)12(4)20-15-17-10(2)11(3)18(15)13-8-6-7-9-13/h12-13H,5-9H2,1-4H3,(H,16,19)/t12-/m1/s1. The van der Waals surface area contributed by atoms with Gasteiger partial charge in [0.2, 0.25) is 5.91 Å². The Labute approximate surface area is 125 Å². The van der Waals surface area contributed by atoms with Crippen molar-refractivity contribution in [2.45, 2.75) is 69.8 Å². The van der Waals surface area contributed by atoms with E-state index in [-0.39, 0.29) is 11.2 Å². The Morgan fingerprint density at radius 3 is 2.70 bits per heavy atom. The molecule has 0 saturated heterocycles. The predicted octanol–water partition coefficient (Wildman–Crippen LogP) is 3.23. The lowest BCUT2D eigenvalue weighted by atomic mass is 10.2. The smallest absolute Gasteiger partial charge is 0.233 e. The maximum absolute atomic E-state index is 11.9. The molecule has 0 aromatic carbocycles. The monoisotopic (exact) mass is 295 g/mol. The van der Waals surface area contributed by atoms with Crippen molar-refractivity contribution < 1.29 is 4.79 Å². The zero-order valence-corrected chi connectivity index (χ0v) is 13.7. The molecule has 1 aromatic rings. The molecule has 0 aliphatic heterocycles. The maximum Gasteiger partial charge on any atom is 0.233 e. The zero-order valence-electron chi connectivity index (χ0n) is 12.9. The average molecular weight is 295 g/mol. The topological polar surface area (TPSA) is 46.9 Å². The number of nitrogens with zero attached hydrogens (tertiary/aromatic N) is 2. The molecule has 1 aliphatic rings. The van der Waals surface area contributed by atoms with E-state index >= 15 is 0 Å². The second kappa shape index (κ2) is 6.66. The third-order valence-corrected chi connectivity index (χ3v) is 5.11. The minimum Gasteiger partial charge on any atom is -0.355 e. The van der Waals surface area contributed by atoms with Gasteiger partial charge in [0.05, 0.1) is 10.9 Å². The summed E-state index contributed by atoms with van der Waals surface area (Å²) in [7, 11) is 0. The normalized spacial score (nSPS) is 17.4. The molecule has 20 heavy (non-hydrogen) atoms. The first-order chi connectivity index (χ1) is 9.54. The van der Waals surface area contributed by atoms with Crippen LogP contribution in [-0.2, 0) is 4.79 Å². The van der Waals surface area contributed by atoms with Crippen molar-refractivity contribution in [3.63, 3.8) is 0 Å². The first kappa shape index (κ1) is 15.4. The summed E-state index contributed by atoms with van der Waals surface area (Å²) in [6.07, 6.45) is 5.08. The number of thioether (sulfide) groups is 1. The van der Waals surface area contributed by atoms with Gasteiger partial charge in [-0.25, -0.2) is 4.98 Å². The number of hydrogen-bond acceptors (Lipinski definition) is 3. The Bertz CT molecular complexity index is 478. The molecule has 2 rings (SSSR count). The van der Waals surface area contributed by atoms with Crippen LogP contribution in [0.15, 0.2) is 5.16 Å². The molecule has 0 bridgehead atoms. The highest BCUT2D eigenvalue weighted by molar-refractivity contribution is 8.00. The predicted molar refractivity (Wildman–Crippen MR) is 83.2 cm³/mol. The van der Waals surface area contributed by atoms with E-state index in [0.29, 0.717) is 12.6 Å². The number of nitrogens with one attached hydrogen (secondary N) is 1. The first-order valence-corrected chi connectivity index (χ1v) is 8.42. The van der Waals surface area contributed by atoms with Gasteiger partial charge in [-0.2, -0.15) is 0 Å². The summed E-state index contributed by atoms with van der Waals surface area (Å²) in [4.78, 5) is 16.6. The van der Waals surface area contributed by atoms with Gasteiger partial charge in [0.1, 0.15) is 0 Å². The summed E-state index contributed by atoms with van der Waals surface area (Å²) in [6.45, 7) is 8.78. The molecule has 112 valence electrons. The number of rotatable bonds is 5. The molecular formula is C15H25N3OS. The molecule has 4 nitrogen and oxygen atoms in total. The van der Waals surface area contributed by atoms with Crippen LogP contribution in [0, 0.1) is 13.8 Å². The number of aryl methyl sites for hydroxylation is 1. The van der Waals surface area contributed by atoms with Gasteiger partial charge in [-0.05, 0) is 40.5 Å². The Morgan fingerprint density at radius 1 is 1.45 bits per heavy atom. The molecule has 1 aromatic heterocycles. The molecule has 1 N–H and O–H groups in total. The SMILES string of the molecule is CCNC(=O)[C@@H](C)Sc1nc(C)c(C)n1C1CCCC1. The quantitative estimate of drug-likeness (QED) is 0.848. The lowest BCUT2D eigenvalue weighted by Crippen LogP contribution is -2.30. The van der Waals surface area contributed by atoms with Crippen LogP contribution >= 0.6 is 11.8 Å². The van der Waals surface area contributed by atoms with Gasteiger partial charge in [-0.3, -0.25) is 4.79 Å². The van der Waals surface area contributed by atoms with Crippen LogP contribution in [0.5, 0.6) is 0 Å². The molecule has 1 heterocycles. The second-order valence-electron chi connectivity index (χ2n) is 5.53. The van der Waals surface area contributed by atoms with E-state index in [2.05, 4.69) is 28.7 Å². The van der Waals surface area contributed by atoms with Crippen LogP contribution in [-0.4, -0.2) is 27.3 Å². The molecule has 1 amide bonds. The van der Waals surface area contributed by atoms with Gasteiger partial charge in [0, 0.05) is 18.3 Å². The van der Waals surface area contributed by atoms with Crippen molar-refractivity contribution in [2.75, 3.05) is 6.54 Å². The summed E-state index contributed by atoms with van der Waals surface area (Å²) in [6, 6.07) is 0.570. The van der Waals surface area contributed by atoms with Gasteiger partial charge < -0.3 is 9.88 Å². The molecule has 1 atom stereocenters. The summed E-state index contributed by atoms with van der Waals surface area (Å²) in [5, 5.41) is 3.78. The highest BCUT2D eigenvalue weighted by Gasteiger charge is 2.25. The van der Waals surface area contributed by atoms with Gasteiger partial charge in [0.25, 0.3) is 0 Å². The molecular weight excluding hydrogens is 270 g/mol. The maximum atomic E-state index is 11.9. The van der Waals surface area contributed by atoms with Crippen molar-refractivity contribution in [2.24, 2.45) is 0 Å². The molecule has 1 fully saturated rings. The fourth-order valence-electron chi connectivity index (χ4n) is 2.80. The first-order valence-electron chi connectivity index (χ1n) is 7.54. The van der Waals surface area contributed by atoms with Crippen LogP contribution in [0.1, 0.15) is 57.0 Å². The number of hydrogen-bond donors (Lipinski definition) is 1. The van der Waals surface area contributed by atoms with Crippen molar-refractivity contribution in [3.8, 4) is 0 Å². The third-order valence-electron chi connectivity index (χ3n) is 4.05. The number of aromatic nitrogens is 2. The van der Waals surface area contributed by atoms with Crippen LogP contribution in [0.2, 0.25) is 0 Å². The Morgan fingerprint density at radius 2 is 2.10 bits per heavy atom. The highest BCUT2D eigenvalue weighted by Crippen LogP contribution is 2.36. The van der Waals surface area contributed by atoms with Crippen LogP contribution in [0.3, 0.4) is 0 Å². The Balaban J connectivity index is 2.18. The minimum atomic E-state index is -0.101. The lowest BCUT2D eigenvalue weighted by molar-refractivity contribution is -0.120. The minimum absolute atomic E-state index is 0.0915. The largest absolute Gasteiger partial charge is 0.355 e. The summed E-state index contributed by atoms with van der Waals surface area (Å²) in [5.74, 6) is 0.0915. The Hall–Kier alpha value is -0.970. The molecule has 5 heteroatoms. The van der Waals surface area contributed by atoms with E-state index in [4.69, 9.17) is 0 Å². The molecule has 0 unspecified atom stereocenters. The van der Waals surface area contributed by atoms with Gasteiger partial charge >= 0.3 is 0 Å². The van der Waals surface area contributed by atoms with Crippen LogP contribution in [0.25, 0.3) is 0 Å². The van der Waals surface area contributed by atoms with Crippen molar-refractivity contribution >= 4 is 17.7 Å². The summed E-state index contributed by atoms with van der Waals surface area (Å²) in [5.41, 5.74) is 2.34. The van der Waals surface area contributed by atoms with Crippen LogP contribution < -0.4 is 5.32 Å². The van der Waals surface area contributed by atoms with E-state index < -0.39 is 0 Å². The second-order valence-corrected chi connectivity index (χ2v) is 6.84. The number of carbonyl (C=O) groups is 1. The fourth-order valence-corrected chi connectivity index (χ4v) is 3.90. The van der Waals surface area contributed by atoms with Crippen molar-refractivity contribution in [1.82, 2.24) is 14.9 Å². The third kappa shape index (κ3) is 3.19. The number of imidazole rings is 1. The van der Waals surface area contributed by atoms with E-state index in [1.54, 1.807) is 11.8 Å². The van der Waals surface area contributed by atoms with Crippen molar-refractivity contribution in [3.05, 3.63) is 11.4 Å². The number of amides is 1. The highest BCUT2D eigenvalue weighted by atomic mass is 32.2. The molecule has 1 saturated carbocycles. The van der Waals surface area contributed by atoms with Crippen LogP contribution in [0.4, 0.5) is 0 Å². The van der Waals surface area contributed by atoms with Gasteiger partial charge in [0.15, 0.2) is 5.16 Å². The van der Waals surface area contributed by atoms with E-state index in [9.17, 15) is 4.79 Å². The van der Waals surface area contributed by atoms with E-state index in [1.807, 2.05) is 13.8 Å². The molecule has 1 aliphatic carbocycles. The summed E-state index contributed by atoms with van der Waals surface area (Å²) < 4.78 is 2.36. The molecule has 0 radical (unpaired) electrons. The summed E-state index contributed by atoms with van der Waals surface area (Å²) >= 11 is 1.58.